The molecule has 21 heavy (non-hydrogen) atoms. The summed E-state index contributed by atoms with van der Waals surface area (Å²) in [5.41, 5.74) is 2.69. The van der Waals surface area contributed by atoms with Crippen molar-refractivity contribution in [2.75, 3.05) is 6.54 Å². The molecule has 0 unspecified atom stereocenters. The molecule has 0 spiro atoms. The lowest BCUT2D eigenvalue weighted by atomic mass is 10.0. The van der Waals surface area contributed by atoms with Crippen molar-refractivity contribution in [3.8, 4) is 5.88 Å². The predicted octanol–water partition coefficient (Wildman–Crippen LogP) is 1.81. The van der Waals surface area contributed by atoms with Crippen molar-refractivity contribution >= 4 is 16.9 Å². The van der Waals surface area contributed by atoms with E-state index < -0.39 is 0 Å². The van der Waals surface area contributed by atoms with Gasteiger partial charge in [-0.05, 0) is 19.4 Å². The van der Waals surface area contributed by atoms with Crippen LogP contribution in [0.3, 0.4) is 0 Å². The number of hydrogen-bond acceptors (Lipinski definition) is 4. The Morgan fingerprint density at radius 3 is 3.10 bits per heavy atom. The average molecular weight is 288 g/mol. The number of pyridine rings is 1. The summed E-state index contributed by atoms with van der Waals surface area (Å²) in [4.78, 5) is 23.3. The Kier molecular flexibility index (Phi) is 3.77. The Bertz CT molecular complexity index is 652. The van der Waals surface area contributed by atoms with Crippen LogP contribution in [0.25, 0.3) is 11.0 Å². The van der Waals surface area contributed by atoms with Crippen molar-refractivity contribution < 1.29 is 9.53 Å². The molecule has 1 fully saturated rings. The van der Waals surface area contributed by atoms with E-state index in [0.717, 1.165) is 29.6 Å². The van der Waals surface area contributed by atoms with E-state index in [1.54, 1.807) is 6.33 Å². The summed E-state index contributed by atoms with van der Waals surface area (Å²) in [5, 5.41) is 2.84. The number of nitrogens with one attached hydrogen (secondary N) is 2. The number of rotatable bonds is 5. The Labute approximate surface area is 123 Å². The number of aromatic nitrogens is 3. The Morgan fingerprint density at radius 2 is 2.38 bits per heavy atom. The minimum Gasteiger partial charge on any atom is -0.473 e. The van der Waals surface area contributed by atoms with Crippen LogP contribution in [0.1, 0.15) is 32.4 Å². The molecule has 0 radical (unpaired) electrons. The minimum absolute atomic E-state index is 0.0757. The number of carbonyl (C=O) groups is 1. The lowest BCUT2D eigenvalue weighted by molar-refractivity contribution is -0.119. The van der Waals surface area contributed by atoms with Gasteiger partial charge in [-0.3, -0.25) is 4.79 Å². The van der Waals surface area contributed by atoms with Gasteiger partial charge in [0.1, 0.15) is 6.10 Å². The number of ether oxygens (including phenoxy) is 1. The number of carbonyl (C=O) groups excluding carboxylic acids is 1. The van der Waals surface area contributed by atoms with Gasteiger partial charge in [0.05, 0.1) is 11.8 Å². The average Bonchev–Trinajstić information content (AvgIpc) is 3.07. The highest BCUT2D eigenvalue weighted by Gasteiger charge is 2.28. The van der Waals surface area contributed by atoms with Gasteiger partial charge < -0.3 is 15.0 Å². The smallest absolute Gasteiger partial charge is 0.242 e. The minimum atomic E-state index is -0.0757. The lowest BCUT2D eigenvalue weighted by Crippen LogP contribution is -2.26. The van der Waals surface area contributed by atoms with Crippen LogP contribution in [0, 0.1) is 5.92 Å². The summed E-state index contributed by atoms with van der Waals surface area (Å²) in [7, 11) is 0. The zero-order chi connectivity index (χ0) is 14.8. The van der Waals surface area contributed by atoms with Gasteiger partial charge in [-0.2, -0.15) is 0 Å². The van der Waals surface area contributed by atoms with E-state index in [2.05, 4.69) is 27.2 Å². The van der Waals surface area contributed by atoms with Gasteiger partial charge in [0.25, 0.3) is 0 Å². The van der Waals surface area contributed by atoms with E-state index in [0.29, 0.717) is 18.8 Å². The molecule has 0 saturated carbocycles. The highest BCUT2D eigenvalue weighted by atomic mass is 16.5. The number of imidazole rings is 1. The zero-order valence-electron chi connectivity index (χ0n) is 12.3. The van der Waals surface area contributed by atoms with E-state index in [1.807, 2.05) is 13.0 Å². The molecule has 1 amide bonds. The summed E-state index contributed by atoms with van der Waals surface area (Å²) in [6, 6.07) is 2.02. The normalized spacial score (nSPS) is 19.7. The van der Waals surface area contributed by atoms with Crippen molar-refractivity contribution in [2.45, 2.75) is 39.2 Å². The number of amides is 1. The first-order chi connectivity index (χ1) is 10.2. The highest BCUT2D eigenvalue weighted by molar-refractivity contribution is 5.80. The second kappa shape index (κ2) is 5.71. The number of fused-ring (bicyclic) bond motifs is 1. The Morgan fingerprint density at radius 1 is 1.52 bits per heavy atom. The molecule has 0 bridgehead atoms. The van der Waals surface area contributed by atoms with Crippen molar-refractivity contribution in [1.82, 2.24) is 20.3 Å². The summed E-state index contributed by atoms with van der Waals surface area (Å²) in [6.45, 7) is 4.77. The highest BCUT2D eigenvalue weighted by Crippen LogP contribution is 2.25. The van der Waals surface area contributed by atoms with Crippen LogP contribution in [-0.2, 0) is 11.2 Å². The van der Waals surface area contributed by atoms with E-state index in [-0.39, 0.29) is 17.9 Å². The molecule has 2 aromatic rings. The van der Waals surface area contributed by atoms with E-state index in [4.69, 9.17) is 4.74 Å². The van der Waals surface area contributed by atoms with Gasteiger partial charge in [-0.25, -0.2) is 9.97 Å². The van der Waals surface area contributed by atoms with Gasteiger partial charge in [0.2, 0.25) is 11.8 Å². The fourth-order valence-corrected chi connectivity index (χ4v) is 2.66. The van der Waals surface area contributed by atoms with Gasteiger partial charge in [-0.1, -0.05) is 13.3 Å². The first-order valence-corrected chi connectivity index (χ1v) is 7.43. The maximum Gasteiger partial charge on any atom is 0.242 e. The second-order valence-corrected chi connectivity index (χ2v) is 5.56. The largest absolute Gasteiger partial charge is 0.473 e. The van der Waals surface area contributed by atoms with E-state index in [1.165, 1.54) is 0 Å². The van der Waals surface area contributed by atoms with Gasteiger partial charge in [0, 0.05) is 24.6 Å². The topological polar surface area (TPSA) is 79.9 Å². The standard InChI is InChI=1S/C15H20N4O2/c1-3-4-11-6-12-14(18-8-17-12)15(19-11)21-9(2)10-5-13(20)16-7-10/h6,8-10H,3-5,7H2,1-2H3,(H,16,20)(H,17,18)/t9-,10-/m1/s1. The quantitative estimate of drug-likeness (QED) is 0.879. The number of aryl methyl sites for hydroxylation is 1. The summed E-state index contributed by atoms with van der Waals surface area (Å²) in [6.07, 6.45) is 4.03. The van der Waals surface area contributed by atoms with Crippen LogP contribution < -0.4 is 10.1 Å². The number of nitrogens with zero attached hydrogens (tertiary/aromatic N) is 2. The lowest BCUT2D eigenvalue weighted by Gasteiger charge is -2.19. The maximum absolute atomic E-state index is 11.3. The van der Waals surface area contributed by atoms with Gasteiger partial charge in [0.15, 0.2) is 5.52 Å². The molecule has 1 aliphatic rings. The maximum atomic E-state index is 11.3. The molecule has 6 heteroatoms. The molecule has 6 nitrogen and oxygen atoms in total. The first kappa shape index (κ1) is 13.9. The molecule has 0 aromatic carbocycles. The summed E-state index contributed by atoms with van der Waals surface area (Å²) < 4.78 is 6.02. The SMILES string of the molecule is CCCc1cc2[nH]cnc2c(O[C@H](C)[C@H]2CNC(=O)C2)n1. The molecule has 3 heterocycles. The molecule has 112 valence electrons. The van der Waals surface area contributed by atoms with Crippen LogP contribution in [-0.4, -0.2) is 33.5 Å². The molecular weight excluding hydrogens is 268 g/mol. The third-order valence-electron chi connectivity index (χ3n) is 3.90. The van der Waals surface area contributed by atoms with E-state index >= 15 is 0 Å². The van der Waals surface area contributed by atoms with Crippen LogP contribution in [0.2, 0.25) is 0 Å². The fourth-order valence-electron chi connectivity index (χ4n) is 2.66. The molecule has 3 rings (SSSR count). The van der Waals surface area contributed by atoms with Gasteiger partial charge in [-0.15, -0.1) is 0 Å². The first-order valence-electron chi connectivity index (χ1n) is 7.43. The molecule has 2 N–H and O–H groups in total. The number of H-pyrrole nitrogens is 1. The molecule has 0 aliphatic carbocycles. The predicted molar refractivity (Wildman–Crippen MR) is 79.1 cm³/mol. The van der Waals surface area contributed by atoms with Crippen molar-refractivity contribution in [3.05, 3.63) is 18.1 Å². The van der Waals surface area contributed by atoms with Crippen LogP contribution >= 0.6 is 0 Å². The Hall–Kier alpha value is -2.11. The molecule has 1 aliphatic heterocycles. The van der Waals surface area contributed by atoms with Crippen molar-refractivity contribution in [2.24, 2.45) is 5.92 Å². The third kappa shape index (κ3) is 2.84. The van der Waals surface area contributed by atoms with Crippen molar-refractivity contribution in [3.63, 3.8) is 0 Å². The monoisotopic (exact) mass is 288 g/mol. The Balaban J connectivity index is 1.84. The summed E-state index contributed by atoms with van der Waals surface area (Å²) >= 11 is 0. The van der Waals surface area contributed by atoms with E-state index in [9.17, 15) is 4.79 Å². The number of hydrogen-bond donors (Lipinski definition) is 2. The van der Waals surface area contributed by atoms with Crippen LogP contribution in [0.15, 0.2) is 12.4 Å². The fraction of sp³-hybridized carbons (Fsp3) is 0.533. The van der Waals surface area contributed by atoms with Gasteiger partial charge >= 0.3 is 0 Å². The van der Waals surface area contributed by atoms with Crippen molar-refractivity contribution in [1.29, 1.82) is 0 Å². The van der Waals surface area contributed by atoms with Crippen LogP contribution in [0.5, 0.6) is 5.88 Å². The molecular formula is C15H20N4O2. The zero-order valence-corrected chi connectivity index (χ0v) is 12.3. The molecule has 2 aromatic heterocycles. The number of aromatic amines is 1. The van der Waals surface area contributed by atoms with Crippen LogP contribution in [0.4, 0.5) is 0 Å². The third-order valence-corrected chi connectivity index (χ3v) is 3.90. The second-order valence-electron chi connectivity index (χ2n) is 5.56. The molecule has 2 atom stereocenters. The summed E-state index contributed by atoms with van der Waals surface area (Å²) in [5.74, 6) is 0.834. The molecule has 1 saturated heterocycles.